The van der Waals surface area contributed by atoms with Gasteiger partial charge < -0.3 is 10.4 Å². The summed E-state index contributed by atoms with van der Waals surface area (Å²) in [5, 5.41) is 11.0. The smallest absolute Gasteiger partial charge is 0.326 e. The fourth-order valence-electron chi connectivity index (χ4n) is 0.866. The molecule has 0 rings (SSSR count). The molecule has 0 radical (unpaired) electrons. The second-order valence-electron chi connectivity index (χ2n) is 2.82. The van der Waals surface area contributed by atoms with E-state index in [2.05, 4.69) is 5.32 Å². The molecule has 0 aliphatic rings. The third kappa shape index (κ3) is 3.61. The Bertz CT molecular complexity index is 242. The summed E-state index contributed by atoms with van der Waals surface area (Å²) in [7, 11) is 0. The van der Waals surface area contributed by atoms with Crippen LogP contribution in [0.2, 0.25) is 0 Å². The van der Waals surface area contributed by atoms with Crippen molar-refractivity contribution >= 4 is 11.9 Å². The van der Waals surface area contributed by atoms with Gasteiger partial charge in [-0.3, -0.25) is 4.79 Å². The molecule has 13 heavy (non-hydrogen) atoms. The fraction of sp³-hybridized carbons (Fsp3) is 0.556. The number of aliphatic carboxylic acids is 1. The number of hydrogen-bond donors (Lipinski definition) is 2. The Morgan fingerprint density at radius 3 is 2.46 bits per heavy atom. The van der Waals surface area contributed by atoms with Crippen LogP contribution in [0.4, 0.5) is 0 Å². The Kier molecular flexibility index (Phi) is 4.60. The molecule has 0 bridgehead atoms. The van der Waals surface area contributed by atoms with Crippen molar-refractivity contribution in [3.8, 4) is 12.3 Å². The molecule has 0 heterocycles. The summed E-state index contributed by atoms with van der Waals surface area (Å²) in [4.78, 5) is 21.4. The second-order valence-corrected chi connectivity index (χ2v) is 2.82. The molecular weight excluding hydrogens is 170 g/mol. The Balaban J connectivity index is 4.37. The fourth-order valence-corrected chi connectivity index (χ4v) is 0.866. The maximum Gasteiger partial charge on any atom is 0.326 e. The monoisotopic (exact) mass is 183 g/mol. The van der Waals surface area contributed by atoms with Gasteiger partial charge in [0.1, 0.15) is 6.04 Å². The van der Waals surface area contributed by atoms with E-state index in [1.165, 1.54) is 0 Å². The van der Waals surface area contributed by atoms with Gasteiger partial charge in [-0.05, 0) is 11.8 Å². The van der Waals surface area contributed by atoms with Gasteiger partial charge in [0.15, 0.2) is 0 Å². The normalized spacial score (nSPS) is 13.9. The zero-order chi connectivity index (χ0) is 10.4. The lowest BCUT2D eigenvalue weighted by Gasteiger charge is -2.18. The van der Waals surface area contributed by atoms with Crippen molar-refractivity contribution in [3.63, 3.8) is 0 Å². The van der Waals surface area contributed by atoms with Crippen molar-refractivity contribution in [1.82, 2.24) is 5.32 Å². The predicted molar refractivity (Wildman–Crippen MR) is 47.9 cm³/mol. The molecule has 4 nitrogen and oxygen atoms in total. The third-order valence-corrected chi connectivity index (χ3v) is 1.90. The standard InChI is InChI=1S/C9H13NO3/c1-4-6(3)8(9(12)13)10-7(11)5-2/h2,6,8H,4H2,1,3H3,(H,10,11)(H,12,13)/t6-,8-/m0/s1. The van der Waals surface area contributed by atoms with Gasteiger partial charge in [-0.25, -0.2) is 4.79 Å². The molecule has 4 heteroatoms. The van der Waals surface area contributed by atoms with E-state index in [0.717, 1.165) is 0 Å². The molecule has 2 N–H and O–H groups in total. The minimum absolute atomic E-state index is 0.130. The lowest BCUT2D eigenvalue weighted by molar-refractivity contribution is -0.142. The molecule has 0 aliphatic carbocycles. The SMILES string of the molecule is C#CC(=O)N[C@H](C(=O)O)[C@@H](C)CC. The Morgan fingerprint density at radius 2 is 2.15 bits per heavy atom. The molecule has 0 spiro atoms. The molecule has 0 aromatic rings. The van der Waals surface area contributed by atoms with Crippen LogP contribution < -0.4 is 5.32 Å². The highest BCUT2D eigenvalue weighted by Gasteiger charge is 2.24. The van der Waals surface area contributed by atoms with Crippen molar-refractivity contribution < 1.29 is 14.7 Å². The lowest BCUT2D eigenvalue weighted by atomic mass is 9.99. The number of nitrogens with one attached hydrogen (secondary N) is 1. The van der Waals surface area contributed by atoms with Crippen molar-refractivity contribution in [2.24, 2.45) is 5.92 Å². The summed E-state index contributed by atoms with van der Waals surface area (Å²) < 4.78 is 0. The molecule has 0 aromatic carbocycles. The highest BCUT2D eigenvalue weighted by molar-refractivity contribution is 5.95. The Labute approximate surface area is 77.3 Å². The van der Waals surface area contributed by atoms with Crippen LogP contribution >= 0.6 is 0 Å². The summed E-state index contributed by atoms with van der Waals surface area (Å²) >= 11 is 0. The zero-order valence-corrected chi connectivity index (χ0v) is 7.70. The average molecular weight is 183 g/mol. The van der Waals surface area contributed by atoms with E-state index in [0.29, 0.717) is 6.42 Å². The first kappa shape index (κ1) is 11.5. The van der Waals surface area contributed by atoms with Gasteiger partial charge in [0, 0.05) is 0 Å². The maximum absolute atomic E-state index is 10.7. The summed E-state index contributed by atoms with van der Waals surface area (Å²) in [6.07, 6.45) is 5.48. The quantitative estimate of drug-likeness (QED) is 0.613. The van der Waals surface area contributed by atoms with Crippen molar-refractivity contribution in [2.75, 3.05) is 0 Å². The summed E-state index contributed by atoms with van der Waals surface area (Å²) in [6.45, 7) is 3.60. The van der Waals surface area contributed by atoms with E-state index in [1.54, 1.807) is 6.92 Å². The number of carbonyl (C=O) groups excluding carboxylic acids is 1. The molecule has 2 atom stereocenters. The molecule has 1 amide bonds. The average Bonchev–Trinajstić information content (AvgIpc) is 2.11. The molecule has 0 unspecified atom stereocenters. The van der Waals surface area contributed by atoms with Gasteiger partial charge in [0.25, 0.3) is 5.91 Å². The number of carboxylic acids is 1. The third-order valence-electron chi connectivity index (χ3n) is 1.90. The van der Waals surface area contributed by atoms with Gasteiger partial charge in [0.05, 0.1) is 0 Å². The van der Waals surface area contributed by atoms with Crippen molar-refractivity contribution in [2.45, 2.75) is 26.3 Å². The number of amides is 1. The Hall–Kier alpha value is -1.50. The molecule has 0 saturated heterocycles. The zero-order valence-electron chi connectivity index (χ0n) is 7.70. The highest BCUT2D eigenvalue weighted by Crippen LogP contribution is 2.07. The van der Waals surface area contributed by atoms with Crippen LogP contribution in [0.3, 0.4) is 0 Å². The van der Waals surface area contributed by atoms with Gasteiger partial charge in [-0.1, -0.05) is 20.3 Å². The van der Waals surface area contributed by atoms with Crippen molar-refractivity contribution in [1.29, 1.82) is 0 Å². The molecular formula is C9H13NO3. The van der Waals surface area contributed by atoms with E-state index >= 15 is 0 Å². The van der Waals surface area contributed by atoms with Gasteiger partial charge in [-0.15, -0.1) is 6.42 Å². The lowest BCUT2D eigenvalue weighted by Crippen LogP contribution is -2.44. The van der Waals surface area contributed by atoms with E-state index in [1.807, 2.05) is 12.8 Å². The number of carbonyl (C=O) groups is 2. The molecule has 72 valence electrons. The number of rotatable bonds is 4. The van der Waals surface area contributed by atoms with Crippen LogP contribution in [0, 0.1) is 18.3 Å². The van der Waals surface area contributed by atoms with E-state index in [-0.39, 0.29) is 5.92 Å². The van der Waals surface area contributed by atoms with Gasteiger partial charge in [-0.2, -0.15) is 0 Å². The first-order valence-electron chi connectivity index (χ1n) is 4.02. The largest absolute Gasteiger partial charge is 0.480 e. The van der Waals surface area contributed by atoms with Gasteiger partial charge in [0.2, 0.25) is 0 Å². The number of carboxylic acid groups (broad SMARTS) is 1. The first-order chi connectivity index (χ1) is 6.02. The first-order valence-corrected chi connectivity index (χ1v) is 4.02. The second kappa shape index (κ2) is 5.20. The highest BCUT2D eigenvalue weighted by atomic mass is 16.4. The van der Waals surface area contributed by atoms with Crippen LogP contribution in [0.1, 0.15) is 20.3 Å². The minimum Gasteiger partial charge on any atom is -0.480 e. The van der Waals surface area contributed by atoms with Crippen molar-refractivity contribution in [3.05, 3.63) is 0 Å². The van der Waals surface area contributed by atoms with E-state index in [4.69, 9.17) is 11.5 Å². The summed E-state index contributed by atoms with van der Waals surface area (Å²) in [6, 6.07) is -0.895. The molecule has 0 aliphatic heterocycles. The van der Waals surface area contributed by atoms with Crippen LogP contribution in [-0.2, 0) is 9.59 Å². The minimum atomic E-state index is -1.06. The molecule has 0 aromatic heterocycles. The molecule has 0 saturated carbocycles. The van der Waals surface area contributed by atoms with E-state index < -0.39 is 17.9 Å². The summed E-state index contributed by atoms with van der Waals surface area (Å²) in [5.41, 5.74) is 0. The van der Waals surface area contributed by atoms with Crippen LogP contribution in [0.15, 0.2) is 0 Å². The van der Waals surface area contributed by atoms with Crippen LogP contribution in [0.25, 0.3) is 0 Å². The van der Waals surface area contributed by atoms with Gasteiger partial charge >= 0.3 is 5.97 Å². The van der Waals surface area contributed by atoms with E-state index in [9.17, 15) is 9.59 Å². The Morgan fingerprint density at radius 1 is 1.62 bits per heavy atom. The molecule has 0 fully saturated rings. The topological polar surface area (TPSA) is 66.4 Å². The predicted octanol–water partition coefficient (Wildman–Crippen LogP) is 0.235. The van der Waals surface area contributed by atoms with Crippen LogP contribution in [0.5, 0.6) is 0 Å². The number of hydrogen-bond acceptors (Lipinski definition) is 2. The number of terminal acetylenes is 1. The van der Waals surface area contributed by atoms with Crippen LogP contribution in [-0.4, -0.2) is 23.0 Å². The summed E-state index contributed by atoms with van der Waals surface area (Å²) in [5.74, 6) is -0.0587. The maximum atomic E-state index is 10.7.